The molecular formula is C15H16N4O2S. The maximum absolute atomic E-state index is 12.6. The van der Waals surface area contributed by atoms with Gasteiger partial charge in [0.15, 0.2) is 0 Å². The number of benzene rings is 1. The molecule has 1 fully saturated rings. The van der Waals surface area contributed by atoms with E-state index in [1.165, 1.54) is 0 Å². The third-order valence-corrected chi connectivity index (χ3v) is 4.50. The molecule has 1 aromatic heterocycles. The Balaban J connectivity index is 1.73. The lowest BCUT2D eigenvalue weighted by molar-refractivity contribution is -0.121. The molecule has 0 bridgehead atoms. The Kier molecular flexibility index (Phi) is 4.15. The maximum Gasteiger partial charge on any atom is 0.265 e. The van der Waals surface area contributed by atoms with Crippen molar-refractivity contribution in [1.29, 1.82) is 0 Å². The number of aryl methyl sites for hydroxylation is 1. The van der Waals surface area contributed by atoms with Gasteiger partial charge >= 0.3 is 0 Å². The first-order valence-electron chi connectivity index (χ1n) is 7.13. The minimum atomic E-state index is -0.497. The molecule has 1 atom stereocenters. The van der Waals surface area contributed by atoms with E-state index in [-0.39, 0.29) is 11.8 Å². The Labute approximate surface area is 132 Å². The molecule has 114 valence electrons. The first-order valence-corrected chi connectivity index (χ1v) is 7.90. The van der Waals surface area contributed by atoms with Gasteiger partial charge in [-0.2, -0.15) is 0 Å². The Hall–Kier alpha value is -2.28. The Morgan fingerprint density at radius 2 is 2.14 bits per heavy atom. The quantitative estimate of drug-likeness (QED) is 0.936. The largest absolute Gasteiger partial charge is 0.339 e. The summed E-state index contributed by atoms with van der Waals surface area (Å²) < 4.78 is 3.75. The Morgan fingerprint density at radius 1 is 1.36 bits per heavy atom. The molecular weight excluding hydrogens is 300 g/mol. The van der Waals surface area contributed by atoms with Crippen molar-refractivity contribution in [3.63, 3.8) is 0 Å². The van der Waals surface area contributed by atoms with Gasteiger partial charge in [0, 0.05) is 12.2 Å². The van der Waals surface area contributed by atoms with Crippen LogP contribution in [0.25, 0.3) is 0 Å². The van der Waals surface area contributed by atoms with Gasteiger partial charge in [-0.3, -0.25) is 9.59 Å². The summed E-state index contributed by atoms with van der Waals surface area (Å²) in [5.41, 5.74) is 1.45. The van der Waals surface area contributed by atoms with Crippen molar-refractivity contribution in [2.45, 2.75) is 25.8 Å². The summed E-state index contributed by atoms with van der Waals surface area (Å²) in [6.07, 6.45) is 1.50. The summed E-state index contributed by atoms with van der Waals surface area (Å²) in [7, 11) is 0. The van der Waals surface area contributed by atoms with Gasteiger partial charge in [0.25, 0.3) is 5.91 Å². The number of para-hydroxylation sites is 1. The van der Waals surface area contributed by atoms with E-state index in [0.717, 1.165) is 23.6 Å². The van der Waals surface area contributed by atoms with Crippen molar-refractivity contribution in [2.24, 2.45) is 0 Å². The van der Waals surface area contributed by atoms with Crippen LogP contribution in [0.3, 0.4) is 0 Å². The van der Waals surface area contributed by atoms with Crippen molar-refractivity contribution in [1.82, 2.24) is 14.9 Å². The monoisotopic (exact) mass is 316 g/mol. The summed E-state index contributed by atoms with van der Waals surface area (Å²) in [6.45, 7) is 2.41. The number of carbonyl (C=O) groups is 2. The van der Waals surface area contributed by atoms with Crippen LogP contribution in [-0.2, 0) is 4.79 Å². The number of hydrogen-bond acceptors (Lipinski definition) is 5. The van der Waals surface area contributed by atoms with Crippen LogP contribution in [0.1, 0.15) is 28.2 Å². The van der Waals surface area contributed by atoms with Crippen LogP contribution in [0, 0.1) is 6.92 Å². The molecule has 1 N–H and O–H groups in total. The highest BCUT2D eigenvalue weighted by Gasteiger charge is 2.31. The van der Waals surface area contributed by atoms with Crippen LogP contribution in [0.2, 0.25) is 0 Å². The zero-order valence-electron chi connectivity index (χ0n) is 12.2. The van der Waals surface area contributed by atoms with Crippen LogP contribution in [0.15, 0.2) is 30.3 Å². The molecule has 6 nitrogen and oxygen atoms in total. The highest BCUT2D eigenvalue weighted by atomic mass is 32.1. The van der Waals surface area contributed by atoms with Crippen molar-refractivity contribution < 1.29 is 9.59 Å². The zero-order valence-corrected chi connectivity index (χ0v) is 13.0. The highest BCUT2D eigenvalue weighted by molar-refractivity contribution is 7.08. The van der Waals surface area contributed by atoms with Crippen LogP contribution in [0.4, 0.5) is 5.69 Å². The first kappa shape index (κ1) is 14.6. The van der Waals surface area contributed by atoms with Crippen molar-refractivity contribution in [3.8, 4) is 0 Å². The van der Waals surface area contributed by atoms with Crippen molar-refractivity contribution in [3.05, 3.63) is 40.9 Å². The predicted octanol–water partition coefficient (Wildman–Crippen LogP) is 1.77. The van der Waals surface area contributed by atoms with E-state index in [1.54, 1.807) is 11.8 Å². The number of piperidine rings is 1. The number of hydrogen-bond donors (Lipinski definition) is 1. The fourth-order valence-corrected chi connectivity index (χ4v) is 3.10. The number of nitrogens with one attached hydrogen (secondary N) is 1. The average Bonchev–Trinajstić information content (AvgIpc) is 2.96. The van der Waals surface area contributed by atoms with Gasteiger partial charge < -0.3 is 10.2 Å². The zero-order chi connectivity index (χ0) is 15.5. The van der Waals surface area contributed by atoms with Crippen LogP contribution < -0.4 is 10.2 Å². The number of aromatic nitrogens is 2. The molecule has 2 aromatic rings. The highest BCUT2D eigenvalue weighted by Crippen LogP contribution is 2.21. The van der Waals surface area contributed by atoms with E-state index >= 15 is 0 Å². The average molecular weight is 316 g/mol. The topological polar surface area (TPSA) is 75.2 Å². The molecule has 1 aliphatic rings. The summed E-state index contributed by atoms with van der Waals surface area (Å²) in [6, 6.07) is 9.02. The minimum Gasteiger partial charge on any atom is -0.339 e. The van der Waals surface area contributed by atoms with Gasteiger partial charge in [-0.15, -0.1) is 5.10 Å². The molecule has 0 saturated carbocycles. The molecule has 0 radical (unpaired) electrons. The van der Waals surface area contributed by atoms with Gasteiger partial charge in [0.1, 0.15) is 10.9 Å². The second-order valence-electron chi connectivity index (χ2n) is 5.18. The van der Waals surface area contributed by atoms with Crippen molar-refractivity contribution >= 4 is 29.0 Å². The lowest BCUT2D eigenvalue weighted by atomic mass is 10.0. The van der Waals surface area contributed by atoms with Gasteiger partial charge in [-0.25, -0.2) is 0 Å². The number of nitrogens with zero attached hydrogens (tertiary/aromatic N) is 3. The summed E-state index contributed by atoms with van der Waals surface area (Å²) in [5, 5.41) is 6.64. The maximum atomic E-state index is 12.6. The fourth-order valence-electron chi connectivity index (χ4n) is 2.54. The van der Waals surface area contributed by atoms with Crippen LogP contribution >= 0.6 is 11.5 Å². The number of rotatable bonds is 3. The van der Waals surface area contributed by atoms with E-state index < -0.39 is 6.04 Å². The van der Waals surface area contributed by atoms with Gasteiger partial charge in [0.05, 0.1) is 5.69 Å². The van der Waals surface area contributed by atoms with Gasteiger partial charge in [-0.05, 0) is 43.4 Å². The van der Waals surface area contributed by atoms with Gasteiger partial charge in [-0.1, -0.05) is 22.7 Å². The number of anilines is 1. The number of amides is 2. The molecule has 1 saturated heterocycles. The predicted molar refractivity (Wildman–Crippen MR) is 83.9 cm³/mol. The molecule has 2 amide bonds. The smallest absolute Gasteiger partial charge is 0.265 e. The van der Waals surface area contributed by atoms with Gasteiger partial charge in [0.2, 0.25) is 5.91 Å². The molecule has 0 aliphatic carbocycles. The van der Waals surface area contributed by atoms with Crippen molar-refractivity contribution in [2.75, 3.05) is 11.4 Å². The normalized spacial score (nSPS) is 18.3. The molecule has 1 aliphatic heterocycles. The number of carbonyl (C=O) groups excluding carboxylic acids is 2. The molecule has 3 rings (SSSR count). The molecule has 0 spiro atoms. The van der Waals surface area contributed by atoms with E-state index in [9.17, 15) is 9.59 Å². The van der Waals surface area contributed by atoms with Crippen LogP contribution in [0.5, 0.6) is 0 Å². The Bertz CT molecular complexity index is 686. The molecule has 22 heavy (non-hydrogen) atoms. The summed E-state index contributed by atoms with van der Waals surface area (Å²) in [5.74, 6) is -0.346. The third-order valence-electron chi connectivity index (χ3n) is 3.67. The molecule has 1 unspecified atom stereocenters. The first-order chi connectivity index (χ1) is 10.7. The standard InChI is InChI=1S/C15H16N4O2S/c1-10-13(22-18-17-10)14(20)16-12-8-5-9-19(15(12)21)11-6-3-2-4-7-11/h2-4,6-7,12H,5,8-9H2,1H3,(H,16,20). The van der Waals surface area contributed by atoms with Crippen LogP contribution in [-0.4, -0.2) is 34.0 Å². The van der Waals surface area contributed by atoms with E-state index in [2.05, 4.69) is 14.9 Å². The summed E-state index contributed by atoms with van der Waals surface area (Å²) in [4.78, 5) is 27.0. The molecule has 7 heteroatoms. The summed E-state index contributed by atoms with van der Waals surface area (Å²) >= 11 is 1.05. The Morgan fingerprint density at radius 3 is 2.82 bits per heavy atom. The minimum absolute atomic E-state index is 0.0686. The van der Waals surface area contributed by atoms with E-state index in [4.69, 9.17) is 0 Å². The van der Waals surface area contributed by atoms with E-state index in [0.29, 0.717) is 23.5 Å². The SMILES string of the molecule is Cc1nnsc1C(=O)NC1CCCN(c2ccccc2)C1=O. The fraction of sp³-hybridized carbons (Fsp3) is 0.333. The van der Waals surface area contributed by atoms with E-state index in [1.807, 2.05) is 30.3 Å². The second-order valence-corrected chi connectivity index (χ2v) is 5.94. The molecule has 1 aromatic carbocycles. The lowest BCUT2D eigenvalue weighted by Crippen LogP contribution is -2.52. The second kappa shape index (κ2) is 6.23. The lowest BCUT2D eigenvalue weighted by Gasteiger charge is -2.32. The third kappa shape index (κ3) is 2.85. The molecule has 2 heterocycles.